The number of halogens is 2. The van der Waals surface area contributed by atoms with Gasteiger partial charge < -0.3 is 20.6 Å². The summed E-state index contributed by atoms with van der Waals surface area (Å²) in [6, 6.07) is 5.87. The molecule has 3 amide bonds. The lowest BCUT2D eigenvalue weighted by molar-refractivity contribution is -0.166. The summed E-state index contributed by atoms with van der Waals surface area (Å²) in [5.74, 6) is -3.62. The van der Waals surface area contributed by atoms with Crippen molar-refractivity contribution in [3.05, 3.63) is 35.9 Å². The third kappa shape index (κ3) is 6.34. The van der Waals surface area contributed by atoms with Gasteiger partial charge in [0.2, 0.25) is 11.8 Å². The Morgan fingerprint density at radius 1 is 1.31 bits per heavy atom. The second kappa shape index (κ2) is 11.3. The van der Waals surface area contributed by atoms with Gasteiger partial charge in [0.1, 0.15) is 12.1 Å². The Labute approximate surface area is 202 Å². The lowest BCUT2D eigenvalue weighted by atomic mass is 9.88. The summed E-state index contributed by atoms with van der Waals surface area (Å²) in [4.78, 5) is 39.5. The molecule has 10 heteroatoms. The molecule has 1 unspecified atom stereocenters. The highest BCUT2D eigenvalue weighted by atomic mass is 19.3. The van der Waals surface area contributed by atoms with Crippen molar-refractivity contribution in [1.29, 1.82) is 5.26 Å². The molecule has 2 aliphatic rings. The highest BCUT2D eigenvalue weighted by Crippen LogP contribution is 2.38. The van der Waals surface area contributed by atoms with Gasteiger partial charge >= 0.3 is 0 Å². The Bertz CT molecular complexity index is 1020. The predicted octanol–water partition coefficient (Wildman–Crippen LogP) is 1.66. The zero-order valence-corrected chi connectivity index (χ0v) is 19.1. The highest BCUT2D eigenvalue weighted by molar-refractivity contribution is 5.91. The van der Waals surface area contributed by atoms with Gasteiger partial charge in [-0.15, -0.1) is 12.3 Å². The number of benzene rings is 1. The summed E-state index contributed by atoms with van der Waals surface area (Å²) in [5, 5.41) is 25.3. The average Bonchev–Trinajstić information content (AvgIpc) is 2.84. The normalized spacial score (nSPS) is 25.3. The molecule has 0 spiro atoms. The van der Waals surface area contributed by atoms with Gasteiger partial charge in [0, 0.05) is 37.8 Å². The van der Waals surface area contributed by atoms with E-state index in [9.17, 15) is 33.5 Å². The van der Waals surface area contributed by atoms with Crippen LogP contribution in [0.15, 0.2) is 30.3 Å². The molecule has 0 radical (unpaired) electrons. The summed E-state index contributed by atoms with van der Waals surface area (Å²) < 4.78 is 29.3. The first-order valence-electron chi connectivity index (χ1n) is 11.5. The van der Waals surface area contributed by atoms with Gasteiger partial charge in [0.25, 0.3) is 11.8 Å². The number of amides is 3. The summed E-state index contributed by atoms with van der Waals surface area (Å²) in [7, 11) is 0. The molecule has 0 saturated carbocycles. The third-order valence-electron chi connectivity index (χ3n) is 6.41. The maximum atomic E-state index is 14.6. The van der Waals surface area contributed by atoms with Gasteiger partial charge in [-0.25, -0.2) is 8.78 Å². The van der Waals surface area contributed by atoms with Crippen LogP contribution in [0.25, 0.3) is 0 Å². The summed E-state index contributed by atoms with van der Waals surface area (Å²) in [6.07, 6.45) is 3.00. The number of hydrogen-bond donors (Lipinski definition) is 3. The van der Waals surface area contributed by atoms with Crippen molar-refractivity contribution in [1.82, 2.24) is 15.5 Å². The number of carbonyl (C=O) groups excluding carboxylic acids is 3. The number of terminal acetylenes is 1. The smallest absolute Gasteiger partial charge is 0.257 e. The topological polar surface area (TPSA) is 123 Å². The van der Waals surface area contributed by atoms with Crippen molar-refractivity contribution >= 4 is 17.7 Å². The molecule has 1 aromatic rings. The van der Waals surface area contributed by atoms with Crippen LogP contribution in [-0.4, -0.2) is 58.3 Å². The molecule has 1 aromatic carbocycles. The number of hydrogen-bond acceptors (Lipinski definition) is 5. The number of nitrogens with one attached hydrogen (secondary N) is 2. The number of likely N-dealkylation sites (tertiary alicyclic amines) is 1. The van der Waals surface area contributed by atoms with Gasteiger partial charge in [-0.2, -0.15) is 5.26 Å². The number of carbonyl (C=O) groups is 3. The van der Waals surface area contributed by atoms with Crippen molar-refractivity contribution in [2.75, 3.05) is 6.54 Å². The van der Waals surface area contributed by atoms with E-state index in [1.54, 1.807) is 18.2 Å². The molecule has 2 aliphatic heterocycles. The van der Waals surface area contributed by atoms with E-state index in [2.05, 4.69) is 16.6 Å². The van der Waals surface area contributed by atoms with Crippen LogP contribution >= 0.6 is 0 Å². The number of aliphatic hydroxyl groups is 1. The molecule has 2 fully saturated rings. The van der Waals surface area contributed by atoms with E-state index in [1.165, 1.54) is 12.1 Å². The van der Waals surface area contributed by atoms with Gasteiger partial charge in [-0.3, -0.25) is 14.4 Å². The monoisotopic (exact) mass is 486 g/mol. The molecule has 5 atom stereocenters. The van der Waals surface area contributed by atoms with Crippen LogP contribution in [0.1, 0.15) is 50.2 Å². The van der Waals surface area contributed by atoms with Gasteiger partial charge in [-0.05, 0) is 24.8 Å². The Hall–Kier alpha value is -3.50. The van der Waals surface area contributed by atoms with E-state index >= 15 is 0 Å². The first kappa shape index (κ1) is 26.1. The second-order valence-corrected chi connectivity index (χ2v) is 8.96. The fourth-order valence-corrected chi connectivity index (χ4v) is 4.70. The molecular formula is C25H28F2N4O4. The van der Waals surface area contributed by atoms with Crippen molar-refractivity contribution in [3.63, 3.8) is 0 Å². The second-order valence-electron chi connectivity index (χ2n) is 8.96. The zero-order chi connectivity index (χ0) is 25.6. The SMILES string of the molecule is C#CC[C@H]1CC(F)(F)C[C@@H](C(=O)N[C@H](C#N)C[C@@H]2CCCNC2=O)N1C(=O)C(O)c1ccccc1. The van der Waals surface area contributed by atoms with Gasteiger partial charge in [-0.1, -0.05) is 30.3 Å². The van der Waals surface area contributed by atoms with E-state index in [0.717, 1.165) is 11.3 Å². The van der Waals surface area contributed by atoms with Crippen LogP contribution in [-0.2, 0) is 14.4 Å². The molecule has 3 rings (SSSR count). The Morgan fingerprint density at radius 2 is 2.03 bits per heavy atom. The van der Waals surface area contributed by atoms with Crippen LogP contribution in [0, 0.1) is 29.6 Å². The Kier molecular flexibility index (Phi) is 8.42. The fraction of sp³-hybridized carbons (Fsp3) is 0.520. The minimum absolute atomic E-state index is 0.0194. The van der Waals surface area contributed by atoms with Crippen molar-refractivity contribution in [2.45, 2.75) is 68.7 Å². The standard InChI is InChI=1S/C25H28F2N4O4/c1-2-7-19-13-25(26,27)14-20(31(19)24(35)21(32)16-8-4-3-5-9-16)23(34)30-18(15-28)12-17-10-6-11-29-22(17)33/h1,3-5,8-9,17-21,32H,6-7,10-14H2,(H,29,33)(H,30,34)/t17-,18-,19-,20-,21?/m0/s1. The highest BCUT2D eigenvalue weighted by Gasteiger charge is 2.51. The molecule has 0 aliphatic carbocycles. The van der Waals surface area contributed by atoms with Crippen LogP contribution < -0.4 is 10.6 Å². The first-order chi connectivity index (χ1) is 16.7. The average molecular weight is 487 g/mol. The Morgan fingerprint density at radius 3 is 2.66 bits per heavy atom. The van der Waals surface area contributed by atoms with Gasteiger partial charge in [0.15, 0.2) is 6.10 Å². The third-order valence-corrected chi connectivity index (χ3v) is 6.41. The number of piperidine rings is 2. The number of aliphatic hydroxyl groups excluding tert-OH is 1. The fourth-order valence-electron chi connectivity index (χ4n) is 4.70. The number of nitriles is 1. The van der Waals surface area contributed by atoms with Gasteiger partial charge in [0.05, 0.1) is 6.07 Å². The molecule has 2 saturated heterocycles. The van der Waals surface area contributed by atoms with Crippen molar-refractivity contribution in [2.24, 2.45) is 5.92 Å². The lowest BCUT2D eigenvalue weighted by Crippen LogP contribution is -2.62. The van der Waals surface area contributed by atoms with Crippen LogP contribution in [0.3, 0.4) is 0 Å². The molecule has 186 valence electrons. The van der Waals surface area contributed by atoms with Crippen molar-refractivity contribution in [3.8, 4) is 18.4 Å². The lowest BCUT2D eigenvalue weighted by Gasteiger charge is -2.44. The molecular weight excluding hydrogens is 458 g/mol. The largest absolute Gasteiger partial charge is 0.378 e. The van der Waals surface area contributed by atoms with E-state index in [-0.39, 0.29) is 24.3 Å². The minimum Gasteiger partial charge on any atom is -0.378 e. The molecule has 2 heterocycles. The summed E-state index contributed by atoms with van der Waals surface area (Å²) in [6.45, 7) is 0.535. The molecule has 8 nitrogen and oxygen atoms in total. The van der Waals surface area contributed by atoms with Crippen LogP contribution in [0.4, 0.5) is 8.78 Å². The van der Waals surface area contributed by atoms with E-state index in [0.29, 0.717) is 13.0 Å². The molecule has 35 heavy (non-hydrogen) atoms. The van der Waals surface area contributed by atoms with E-state index < -0.39 is 60.7 Å². The molecule has 3 N–H and O–H groups in total. The summed E-state index contributed by atoms with van der Waals surface area (Å²) >= 11 is 0. The number of nitrogens with zero attached hydrogens (tertiary/aromatic N) is 2. The molecule has 0 aromatic heterocycles. The maximum Gasteiger partial charge on any atom is 0.257 e. The Balaban J connectivity index is 1.85. The predicted molar refractivity (Wildman–Crippen MR) is 121 cm³/mol. The minimum atomic E-state index is -3.29. The summed E-state index contributed by atoms with van der Waals surface area (Å²) in [5.41, 5.74) is 0.242. The van der Waals surface area contributed by atoms with Crippen LogP contribution in [0.2, 0.25) is 0 Å². The van der Waals surface area contributed by atoms with E-state index in [1.807, 2.05) is 6.07 Å². The maximum absolute atomic E-state index is 14.6. The van der Waals surface area contributed by atoms with Crippen molar-refractivity contribution < 1.29 is 28.3 Å². The van der Waals surface area contributed by atoms with Crippen LogP contribution in [0.5, 0.6) is 0 Å². The quantitative estimate of drug-likeness (QED) is 0.506. The zero-order valence-electron chi connectivity index (χ0n) is 19.1. The molecule has 0 bridgehead atoms. The van der Waals surface area contributed by atoms with E-state index in [4.69, 9.17) is 6.42 Å². The first-order valence-corrected chi connectivity index (χ1v) is 11.5. The number of alkyl halides is 2. The number of rotatable bonds is 7.